The lowest BCUT2D eigenvalue weighted by molar-refractivity contribution is -0.137. The van der Waals surface area contributed by atoms with Crippen LogP contribution in [-0.4, -0.2) is 21.9 Å². The minimum absolute atomic E-state index is 0.0511. The van der Waals surface area contributed by atoms with Gasteiger partial charge in [0, 0.05) is 49.6 Å². The molecule has 5 rings (SSSR count). The molecule has 0 fully saturated rings. The highest BCUT2D eigenvalue weighted by molar-refractivity contribution is 5.86. The minimum Gasteiger partial charge on any atom is -0.350 e. The Kier molecular flexibility index (Phi) is 5.68. The van der Waals surface area contributed by atoms with E-state index in [9.17, 15) is 18.0 Å². The van der Waals surface area contributed by atoms with Crippen LogP contribution in [0.4, 0.5) is 13.2 Å². The molecule has 0 spiro atoms. The molecule has 0 N–H and O–H groups in total. The van der Waals surface area contributed by atoms with Crippen LogP contribution in [-0.2, 0) is 31.0 Å². The van der Waals surface area contributed by atoms with Crippen LogP contribution in [0.15, 0.2) is 79.0 Å². The van der Waals surface area contributed by atoms with Crippen LogP contribution in [0, 0.1) is 0 Å². The molecule has 0 aliphatic carbocycles. The second-order valence-corrected chi connectivity index (χ2v) is 8.93. The molecule has 34 heavy (non-hydrogen) atoms. The number of halogens is 3. The first-order chi connectivity index (χ1) is 16.3. The van der Waals surface area contributed by atoms with Gasteiger partial charge in [0.05, 0.1) is 5.56 Å². The van der Waals surface area contributed by atoms with Gasteiger partial charge in [0.15, 0.2) is 0 Å². The average Bonchev–Trinajstić information content (AvgIpc) is 3.18. The van der Waals surface area contributed by atoms with Crippen LogP contribution < -0.4 is 0 Å². The van der Waals surface area contributed by atoms with Crippen molar-refractivity contribution in [2.45, 2.75) is 31.5 Å². The van der Waals surface area contributed by atoms with Gasteiger partial charge in [-0.25, -0.2) is 0 Å². The van der Waals surface area contributed by atoms with E-state index in [0.717, 1.165) is 34.5 Å². The van der Waals surface area contributed by atoms with Crippen LogP contribution in [0.5, 0.6) is 0 Å². The maximum atomic E-state index is 13.5. The molecule has 0 saturated carbocycles. The van der Waals surface area contributed by atoms with Crippen LogP contribution in [0.3, 0.4) is 0 Å². The zero-order valence-electron chi connectivity index (χ0n) is 18.8. The van der Waals surface area contributed by atoms with Crippen molar-refractivity contribution in [2.24, 2.45) is 7.05 Å². The Balaban J connectivity index is 1.53. The van der Waals surface area contributed by atoms with Crippen molar-refractivity contribution in [1.82, 2.24) is 9.47 Å². The molecule has 1 atom stereocenters. The number of alkyl halides is 3. The predicted molar refractivity (Wildman–Crippen MR) is 126 cm³/mol. The highest BCUT2D eigenvalue weighted by atomic mass is 19.4. The van der Waals surface area contributed by atoms with E-state index in [1.807, 2.05) is 65.2 Å². The summed E-state index contributed by atoms with van der Waals surface area (Å²) in [6, 6.07) is 21.3. The standard InChI is InChI=1S/C28H25F3N2O/c1-32-18-25(23-11-4-5-12-26(23)32)24(20-9-6-10-22(15-20)28(29,30)31)16-27(34)33-14-13-19-7-2-3-8-21(19)17-33/h2-12,15,18,24H,13-14,16-17H2,1H3. The van der Waals surface area contributed by atoms with Crippen molar-refractivity contribution < 1.29 is 18.0 Å². The first kappa shape index (κ1) is 22.3. The lowest BCUT2D eigenvalue weighted by atomic mass is 9.86. The SMILES string of the molecule is Cn1cc(C(CC(=O)N2CCc3ccccc3C2)c2cccc(C(F)(F)F)c2)c2ccccc21. The molecule has 1 aromatic heterocycles. The van der Waals surface area contributed by atoms with Gasteiger partial charge < -0.3 is 9.47 Å². The van der Waals surface area contributed by atoms with Gasteiger partial charge in [0.25, 0.3) is 0 Å². The number of benzene rings is 3. The van der Waals surface area contributed by atoms with Crippen LogP contribution >= 0.6 is 0 Å². The molecular weight excluding hydrogens is 437 g/mol. The van der Waals surface area contributed by atoms with E-state index in [4.69, 9.17) is 0 Å². The van der Waals surface area contributed by atoms with E-state index in [0.29, 0.717) is 18.7 Å². The van der Waals surface area contributed by atoms with Crippen molar-refractivity contribution in [3.63, 3.8) is 0 Å². The van der Waals surface area contributed by atoms with Crippen molar-refractivity contribution in [2.75, 3.05) is 6.54 Å². The van der Waals surface area contributed by atoms with Gasteiger partial charge in [-0.2, -0.15) is 13.2 Å². The van der Waals surface area contributed by atoms with E-state index in [1.165, 1.54) is 17.7 Å². The van der Waals surface area contributed by atoms with Gasteiger partial charge in [-0.1, -0.05) is 60.7 Å². The zero-order valence-corrected chi connectivity index (χ0v) is 18.8. The number of fused-ring (bicyclic) bond motifs is 2. The molecule has 174 valence electrons. The normalized spacial score (nSPS) is 14.8. The molecule has 0 saturated heterocycles. The number of amides is 1. The topological polar surface area (TPSA) is 25.2 Å². The van der Waals surface area contributed by atoms with Gasteiger partial charge >= 0.3 is 6.18 Å². The Bertz CT molecular complexity index is 1360. The summed E-state index contributed by atoms with van der Waals surface area (Å²) in [7, 11) is 1.92. The summed E-state index contributed by atoms with van der Waals surface area (Å²) in [6.07, 6.45) is -1.61. The molecule has 1 unspecified atom stereocenters. The van der Waals surface area contributed by atoms with E-state index >= 15 is 0 Å². The largest absolute Gasteiger partial charge is 0.416 e. The zero-order chi connectivity index (χ0) is 23.9. The van der Waals surface area contributed by atoms with E-state index in [2.05, 4.69) is 6.07 Å². The van der Waals surface area contributed by atoms with E-state index in [-0.39, 0.29) is 12.3 Å². The van der Waals surface area contributed by atoms with Gasteiger partial charge in [0.2, 0.25) is 5.91 Å². The summed E-state index contributed by atoms with van der Waals surface area (Å²) in [5.41, 5.74) is 4.02. The fourth-order valence-electron chi connectivity index (χ4n) is 5.00. The Morgan fingerprint density at radius 3 is 2.50 bits per heavy atom. The van der Waals surface area contributed by atoms with Crippen molar-refractivity contribution in [3.8, 4) is 0 Å². The first-order valence-corrected chi connectivity index (χ1v) is 11.4. The monoisotopic (exact) mass is 462 g/mol. The van der Waals surface area contributed by atoms with Crippen LogP contribution in [0.1, 0.15) is 40.2 Å². The maximum Gasteiger partial charge on any atom is 0.416 e. The predicted octanol–water partition coefficient (Wildman–Crippen LogP) is 6.30. The molecule has 1 aliphatic heterocycles. The highest BCUT2D eigenvalue weighted by Gasteiger charge is 2.32. The molecule has 3 nitrogen and oxygen atoms in total. The third-order valence-corrected chi connectivity index (χ3v) is 6.78. The lowest BCUT2D eigenvalue weighted by Gasteiger charge is -2.30. The second kappa shape index (κ2) is 8.67. The number of rotatable bonds is 4. The summed E-state index contributed by atoms with van der Waals surface area (Å²) < 4.78 is 42.5. The second-order valence-electron chi connectivity index (χ2n) is 8.93. The van der Waals surface area contributed by atoms with Crippen molar-refractivity contribution >= 4 is 16.8 Å². The summed E-state index contributed by atoms with van der Waals surface area (Å²) in [5, 5.41) is 0.948. The van der Waals surface area contributed by atoms with Crippen LogP contribution in [0.25, 0.3) is 10.9 Å². The number of para-hydroxylation sites is 1. The molecule has 0 bridgehead atoms. The summed E-state index contributed by atoms with van der Waals surface area (Å²) >= 11 is 0. The van der Waals surface area contributed by atoms with Crippen molar-refractivity contribution in [1.29, 1.82) is 0 Å². The summed E-state index contributed by atoms with van der Waals surface area (Å²) in [4.78, 5) is 15.3. The Hall–Kier alpha value is -3.54. The van der Waals surface area contributed by atoms with Gasteiger partial charge in [-0.15, -0.1) is 0 Å². The number of aromatic nitrogens is 1. The van der Waals surface area contributed by atoms with E-state index < -0.39 is 17.7 Å². The fourth-order valence-corrected chi connectivity index (χ4v) is 5.00. The summed E-state index contributed by atoms with van der Waals surface area (Å²) in [5.74, 6) is -0.539. The first-order valence-electron chi connectivity index (χ1n) is 11.4. The molecule has 4 aromatic rings. The molecule has 2 heterocycles. The lowest BCUT2D eigenvalue weighted by Crippen LogP contribution is -2.36. The third-order valence-electron chi connectivity index (χ3n) is 6.78. The number of carbonyl (C=O) groups excluding carboxylic acids is 1. The molecule has 0 radical (unpaired) electrons. The van der Waals surface area contributed by atoms with Crippen molar-refractivity contribution in [3.05, 3.63) is 107 Å². The van der Waals surface area contributed by atoms with E-state index in [1.54, 1.807) is 6.07 Å². The van der Waals surface area contributed by atoms with Gasteiger partial charge in [-0.05, 0) is 40.8 Å². The Morgan fingerprint density at radius 2 is 1.71 bits per heavy atom. The smallest absolute Gasteiger partial charge is 0.350 e. The van der Waals surface area contributed by atoms with Gasteiger partial charge in [0.1, 0.15) is 0 Å². The third kappa shape index (κ3) is 4.20. The maximum absolute atomic E-state index is 13.5. The fraction of sp³-hybridized carbons (Fsp3) is 0.250. The molecule has 3 aromatic carbocycles. The molecule has 1 aliphatic rings. The number of nitrogens with zero attached hydrogens (tertiary/aromatic N) is 2. The highest BCUT2D eigenvalue weighted by Crippen LogP contribution is 2.38. The number of carbonyl (C=O) groups is 1. The number of hydrogen-bond donors (Lipinski definition) is 0. The molecular formula is C28H25F3N2O. The van der Waals surface area contributed by atoms with Gasteiger partial charge in [-0.3, -0.25) is 4.79 Å². The minimum atomic E-state index is -4.44. The quantitative estimate of drug-likeness (QED) is 0.349. The summed E-state index contributed by atoms with van der Waals surface area (Å²) in [6.45, 7) is 1.14. The Labute approximate surface area is 196 Å². The van der Waals surface area contributed by atoms with Crippen LogP contribution in [0.2, 0.25) is 0 Å². The number of hydrogen-bond acceptors (Lipinski definition) is 1. The Morgan fingerprint density at radius 1 is 0.971 bits per heavy atom. The average molecular weight is 463 g/mol. The molecule has 6 heteroatoms. The molecule has 1 amide bonds. The number of aryl methyl sites for hydroxylation is 1.